The molecular formula is C28H28ClNO5. The van der Waals surface area contributed by atoms with Crippen LogP contribution >= 0.6 is 11.6 Å². The molecule has 7 heteroatoms. The van der Waals surface area contributed by atoms with E-state index in [1.54, 1.807) is 67.8 Å². The summed E-state index contributed by atoms with van der Waals surface area (Å²) in [5.41, 5.74) is 1.83. The van der Waals surface area contributed by atoms with Crippen molar-refractivity contribution in [3.05, 3.63) is 89.0 Å². The third-order valence-corrected chi connectivity index (χ3v) is 5.29. The number of carbonyl (C=O) groups excluding carboxylic acids is 2. The predicted molar refractivity (Wildman–Crippen MR) is 139 cm³/mol. The molecule has 0 aliphatic carbocycles. The highest BCUT2D eigenvalue weighted by Gasteiger charge is 2.08. The van der Waals surface area contributed by atoms with Crippen LogP contribution in [0.25, 0.3) is 6.08 Å². The van der Waals surface area contributed by atoms with Gasteiger partial charge in [0.05, 0.1) is 13.7 Å². The van der Waals surface area contributed by atoms with Crippen LogP contribution in [0.1, 0.15) is 42.1 Å². The maximum absolute atomic E-state index is 12.4. The molecule has 0 aliphatic rings. The lowest BCUT2D eigenvalue weighted by atomic mass is 10.2. The van der Waals surface area contributed by atoms with E-state index in [2.05, 4.69) is 12.2 Å². The first-order valence-electron chi connectivity index (χ1n) is 11.4. The van der Waals surface area contributed by atoms with Crippen LogP contribution in [-0.2, 0) is 4.79 Å². The smallest absolute Gasteiger partial charge is 0.336 e. The number of nitrogens with one attached hydrogen (secondary N) is 1. The molecule has 3 aromatic rings. The minimum atomic E-state index is -0.540. The molecule has 35 heavy (non-hydrogen) atoms. The van der Waals surface area contributed by atoms with E-state index in [1.807, 2.05) is 12.1 Å². The summed E-state index contributed by atoms with van der Waals surface area (Å²) < 4.78 is 16.5. The van der Waals surface area contributed by atoms with Crippen molar-refractivity contribution >= 4 is 35.2 Å². The van der Waals surface area contributed by atoms with E-state index in [1.165, 1.54) is 6.08 Å². The number of unbranched alkanes of at least 4 members (excludes halogenated alkanes) is 2. The lowest BCUT2D eigenvalue weighted by Gasteiger charge is -2.11. The molecule has 0 bridgehead atoms. The number of methoxy groups -OCH3 is 1. The van der Waals surface area contributed by atoms with Gasteiger partial charge in [-0.25, -0.2) is 4.79 Å². The number of carbonyl (C=O) groups is 2. The number of esters is 1. The number of rotatable bonds is 11. The van der Waals surface area contributed by atoms with E-state index < -0.39 is 5.97 Å². The van der Waals surface area contributed by atoms with Crippen LogP contribution in [0.3, 0.4) is 0 Å². The van der Waals surface area contributed by atoms with Gasteiger partial charge in [0.25, 0.3) is 5.91 Å². The zero-order chi connectivity index (χ0) is 25.0. The highest BCUT2D eigenvalue weighted by Crippen LogP contribution is 2.29. The molecule has 0 spiro atoms. The van der Waals surface area contributed by atoms with Crippen LogP contribution in [0.4, 0.5) is 5.69 Å². The number of hydrogen-bond acceptors (Lipinski definition) is 5. The first kappa shape index (κ1) is 25.8. The molecule has 3 aromatic carbocycles. The number of ether oxygens (including phenoxy) is 3. The maximum atomic E-state index is 12.4. The summed E-state index contributed by atoms with van der Waals surface area (Å²) in [6, 6.07) is 18.6. The van der Waals surface area contributed by atoms with Gasteiger partial charge in [-0.3, -0.25) is 4.79 Å². The topological polar surface area (TPSA) is 73.9 Å². The summed E-state index contributed by atoms with van der Waals surface area (Å²) in [5.74, 6) is 0.781. The van der Waals surface area contributed by atoms with Crippen LogP contribution in [0, 0.1) is 0 Å². The van der Waals surface area contributed by atoms with Crippen molar-refractivity contribution in [1.29, 1.82) is 0 Å². The van der Waals surface area contributed by atoms with E-state index in [-0.39, 0.29) is 5.91 Å². The molecule has 0 fully saturated rings. The molecule has 0 heterocycles. The number of hydrogen-bond donors (Lipinski definition) is 1. The van der Waals surface area contributed by atoms with E-state index in [4.69, 9.17) is 25.8 Å². The number of benzene rings is 3. The molecule has 0 saturated carbocycles. The zero-order valence-electron chi connectivity index (χ0n) is 19.8. The summed E-state index contributed by atoms with van der Waals surface area (Å²) in [6.07, 6.45) is 6.20. The van der Waals surface area contributed by atoms with Crippen molar-refractivity contribution in [3.63, 3.8) is 0 Å². The van der Waals surface area contributed by atoms with E-state index in [0.29, 0.717) is 40.1 Å². The van der Waals surface area contributed by atoms with Gasteiger partial charge in [0, 0.05) is 22.3 Å². The second kappa shape index (κ2) is 13.2. The number of halogens is 1. The fourth-order valence-corrected chi connectivity index (χ4v) is 3.29. The lowest BCUT2D eigenvalue weighted by molar-refractivity contribution is -0.128. The Morgan fingerprint density at radius 1 is 0.943 bits per heavy atom. The normalized spacial score (nSPS) is 10.7. The van der Waals surface area contributed by atoms with Crippen molar-refractivity contribution in [2.75, 3.05) is 19.0 Å². The Kier molecular flexibility index (Phi) is 9.75. The van der Waals surface area contributed by atoms with E-state index >= 15 is 0 Å². The fourth-order valence-electron chi connectivity index (χ4n) is 3.17. The summed E-state index contributed by atoms with van der Waals surface area (Å²) in [5, 5.41) is 3.37. The van der Waals surface area contributed by atoms with Gasteiger partial charge in [-0.05, 0) is 78.7 Å². The Morgan fingerprint density at radius 2 is 1.69 bits per heavy atom. The second-order valence-corrected chi connectivity index (χ2v) is 8.14. The Labute approximate surface area is 210 Å². The summed E-state index contributed by atoms with van der Waals surface area (Å²) in [6.45, 7) is 2.78. The predicted octanol–water partition coefficient (Wildman–Crippen LogP) is 6.79. The fraction of sp³-hybridized carbons (Fsp3) is 0.214. The number of amides is 1. The Balaban J connectivity index is 1.54. The highest BCUT2D eigenvalue weighted by molar-refractivity contribution is 6.30. The van der Waals surface area contributed by atoms with E-state index in [9.17, 15) is 9.59 Å². The van der Waals surface area contributed by atoms with Crippen LogP contribution in [0.2, 0.25) is 5.02 Å². The minimum absolute atomic E-state index is 0.281. The van der Waals surface area contributed by atoms with Crippen LogP contribution in [-0.4, -0.2) is 25.6 Å². The molecule has 0 saturated heterocycles. The van der Waals surface area contributed by atoms with Gasteiger partial charge in [-0.1, -0.05) is 37.4 Å². The van der Waals surface area contributed by atoms with Gasteiger partial charge in [-0.2, -0.15) is 0 Å². The molecule has 6 nitrogen and oxygen atoms in total. The molecular weight excluding hydrogens is 466 g/mol. The van der Waals surface area contributed by atoms with Gasteiger partial charge < -0.3 is 19.5 Å². The SMILES string of the molecule is CCCCCOc1ccc(/C=C/C(=O)Oc2ccc(C(=O)Nc3ccc(Cl)cc3)cc2)cc1OC. The van der Waals surface area contributed by atoms with Crippen molar-refractivity contribution in [2.24, 2.45) is 0 Å². The lowest BCUT2D eigenvalue weighted by Crippen LogP contribution is -2.11. The van der Waals surface area contributed by atoms with Crippen LogP contribution in [0.15, 0.2) is 72.8 Å². The first-order valence-corrected chi connectivity index (χ1v) is 11.7. The molecule has 0 unspecified atom stereocenters. The van der Waals surface area contributed by atoms with Gasteiger partial charge in [0.2, 0.25) is 0 Å². The van der Waals surface area contributed by atoms with Crippen molar-refractivity contribution in [3.8, 4) is 17.2 Å². The minimum Gasteiger partial charge on any atom is -0.493 e. The zero-order valence-corrected chi connectivity index (χ0v) is 20.5. The Hall–Kier alpha value is -3.77. The molecule has 0 atom stereocenters. The maximum Gasteiger partial charge on any atom is 0.336 e. The average Bonchev–Trinajstić information content (AvgIpc) is 2.87. The van der Waals surface area contributed by atoms with E-state index in [0.717, 1.165) is 24.8 Å². The standard InChI is InChI=1S/C28H28ClNO5/c1-3-4-5-18-34-25-16-6-20(19-26(25)33-2)7-17-27(31)35-24-14-8-21(9-15-24)28(32)30-23-12-10-22(29)11-13-23/h6-17,19H,3-5,18H2,1-2H3,(H,30,32)/b17-7+. The largest absolute Gasteiger partial charge is 0.493 e. The van der Waals surface area contributed by atoms with Gasteiger partial charge in [-0.15, -0.1) is 0 Å². The average molecular weight is 494 g/mol. The van der Waals surface area contributed by atoms with Crippen LogP contribution in [0.5, 0.6) is 17.2 Å². The third-order valence-electron chi connectivity index (χ3n) is 5.04. The molecule has 1 N–H and O–H groups in total. The molecule has 0 aromatic heterocycles. The molecule has 1 amide bonds. The molecule has 3 rings (SSSR count). The Morgan fingerprint density at radius 3 is 2.37 bits per heavy atom. The summed E-state index contributed by atoms with van der Waals surface area (Å²) in [7, 11) is 1.58. The highest BCUT2D eigenvalue weighted by atomic mass is 35.5. The van der Waals surface area contributed by atoms with Crippen molar-refractivity contribution in [1.82, 2.24) is 0 Å². The Bertz CT molecular complexity index is 1160. The molecule has 0 radical (unpaired) electrons. The van der Waals surface area contributed by atoms with Gasteiger partial charge in [0.1, 0.15) is 5.75 Å². The number of anilines is 1. The molecule has 182 valence electrons. The monoisotopic (exact) mass is 493 g/mol. The first-order chi connectivity index (χ1) is 17.0. The van der Waals surface area contributed by atoms with Crippen molar-refractivity contribution < 1.29 is 23.8 Å². The van der Waals surface area contributed by atoms with Gasteiger partial charge >= 0.3 is 5.97 Å². The summed E-state index contributed by atoms with van der Waals surface area (Å²) in [4.78, 5) is 24.6. The third kappa shape index (κ3) is 8.19. The molecule has 0 aliphatic heterocycles. The quantitative estimate of drug-likeness (QED) is 0.138. The second-order valence-electron chi connectivity index (χ2n) is 7.71. The van der Waals surface area contributed by atoms with Crippen molar-refractivity contribution in [2.45, 2.75) is 26.2 Å². The van der Waals surface area contributed by atoms with Crippen LogP contribution < -0.4 is 19.5 Å². The van der Waals surface area contributed by atoms with Gasteiger partial charge in [0.15, 0.2) is 11.5 Å². The summed E-state index contributed by atoms with van der Waals surface area (Å²) >= 11 is 5.86.